The van der Waals surface area contributed by atoms with E-state index in [1.807, 2.05) is 31.2 Å². The molecule has 2 N–H and O–H groups in total. The fourth-order valence-electron chi connectivity index (χ4n) is 1.93. The van der Waals surface area contributed by atoms with E-state index in [4.69, 9.17) is 4.74 Å². The third kappa shape index (κ3) is 3.48. The Morgan fingerprint density at radius 1 is 1.16 bits per heavy atom. The fraction of sp³-hybridized carbons (Fsp3) is 0.250. The maximum atomic E-state index is 9.75. The van der Waals surface area contributed by atoms with E-state index >= 15 is 0 Å². The van der Waals surface area contributed by atoms with Crippen LogP contribution in [0.5, 0.6) is 11.5 Å². The highest BCUT2D eigenvalue weighted by molar-refractivity contribution is 5.38. The van der Waals surface area contributed by atoms with Crippen LogP contribution in [0, 0.1) is 6.92 Å². The van der Waals surface area contributed by atoms with Crippen LogP contribution in [0.1, 0.15) is 29.7 Å². The molecule has 0 amide bonds. The molecule has 0 radical (unpaired) electrons. The van der Waals surface area contributed by atoms with Crippen molar-refractivity contribution in [1.29, 1.82) is 0 Å². The number of hydrogen-bond acceptors (Lipinski definition) is 3. The minimum atomic E-state index is -0.570. The highest BCUT2D eigenvalue weighted by Gasteiger charge is 2.09. The highest BCUT2D eigenvalue weighted by Crippen LogP contribution is 2.27. The summed E-state index contributed by atoms with van der Waals surface area (Å²) in [6.07, 6.45) is -0.570. The molecule has 2 rings (SSSR count). The molecule has 0 saturated heterocycles. The van der Waals surface area contributed by atoms with Crippen molar-refractivity contribution in [3.63, 3.8) is 0 Å². The molecule has 3 nitrogen and oxygen atoms in total. The topological polar surface area (TPSA) is 49.7 Å². The van der Waals surface area contributed by atoms with Crippen LogP contribution in [0.3, 0.4) is 0 Å². The normalized spacial score (nSPS) is 12.2. The van der Waals surface area contributed by atoms with Crippen LogP contribution in [0.2, 0.25) is 0 Å². The van der Waals surface area contributed by atoms with Crippen molar-refractivity contribution in [2.75, 3.05) is 0 Å². The first-order valence-electron chi connectivity index (χ1n) is 6.25. The zero-order chi connectivity index (χ0) is 13.8. The molecule has 2 aromatic carbocycles. The molecule has 100 valence electrons. The minimum Gasteiger partial charge on any atom is -0.508 e. The lowest BCUT2D eigenvalue weighted by Gasteiger charge is -2.14. The molecule has 0 saturated carbocycles. The van der Waals surface area contributed by atoms with Gasteiger partial charge in [-0.1, -0.05) is 23.8 Å². The zero-order valence-corrected chi connectivity index (χ0v) is 11.1. The third-order valence-electron chi connectivity index (χ3n) is 2.92. The molecule has 0 aliphatic carbocycles. The van der Waals surface area contributed by atoms with Gasteiger partial charge >= 0.3 is 0 Å². The summed E-state index contributed by atoms with van der Waals surface area (Å²) < 4.78 is 5.72. The van der Waals surface area contributed by atoms with Gasteiger partial charge in [0.2, 0.25) is 0 Å². The second-order valence-corrected chi connectivity index (χ2v) is 4.68. The minimum absolute atomic E-state index is 0.223. The monoisotopic (exact) mass is 258 g/mol. The van der Waals surface area contributed by atoms with E-state index in [-0.39, 0.29) is 5.75 Å². The quantitative estimate of drug-likeness (QED) is 0.884. The Morgan fingerprint density at radius 3 is 2.63 bits per heavy atom. The molecule has 0 aliphatic rings. The van der Waals surface area contributed by atoms with Crippen molar-refractivity contribution in [3.8, 4) is 11.5 Å². The lowest BCUT2D eigenvalue weighted by atomic mass is 10.1. The molecule has 0 bridgehead atoms. The van der Waals surface area contributed by atoms with E-state index in [1.54, 1.807) is 25.1 Å². The molecule has 3 heteroatoms. The van der Waals surface area contributed by atoms with E-state index in [2.05, 4.69) is 0 Å². The van der Waals surface area contributed by atoms with Gasteiger partial charge in [-0.2, -0.15) is 0 Å². The largest absolute Gasteiger partial charge is 0.508 e. The molecular formula is C16H18O3. The Kier molecular flexibility index (Phi) is 4.07. The standard InChI is InChI=1S/C16H18O3/c1-11-6-7-16(15(8-11)12(2)17)19-10-13-4-3-5-14(18)9-13/h3-9,12,17-18H,10H2,1-2H3/t12-/m0/s1. The SMILES string of the molecule is Cc1ccc(OCc2cccc(O)c2)c([C@H](C)O)c1. The first kappa shape index (κ1) is 13.4. The van der Waals surface area contributed by atoms with Gasteiger partial charge in [0, 0.05) is 5.56 Å². The number of phenols is 1. The van der Waals surface area contributed by atoms with Crippen LogP contribution in [-0.4, -0.2) is 10.2 Å². The summed E-state index contributed by atoms with van der Waals surface area (Å²) in [7, 11) is 0. The maximum Gasteiger partial charge on any atom is 0.125 e. The summed E-state index contributed by atoms with van der Waals surface area (Å²) in [5, 5.41) is 19.1. The van der Waals surface area contributed by atoms with E-state index in [1.165, 1.54) is 0 Å². The predicted octanol–water partition coefficient (Wildman–Crippen LogP) is 3.33. The molecular weight excluding hydrogens is 240 g/mol. The van der Waals surface area contributed by atoms with Crippen LogP contribution in [0.25, 0.3) is 0 Å². The summed E-state index contributed by atoms with van der Waals surface area (Å²) in [6.45, 7) is 4.05. The van der Waals surface area contributed by atoms with Crippen molar-refractivity contribution >= 4 is 0 Å². The Balaban J connectivity index is 2.15. The van der Waals surface area contributed by atoms with Gasteiger partial charge in [0.1, 0.15) is 18.1 Å². The third-order valence-corrected chi connectivity index (χ3v) is 2.92. The van der Waals surface area contributed by atoms with Crippen molar-refractivity contribution in [2.24, 2.45) is 0 Å². The first-order valence-corrected chi connectivity index (χ1v) is 6.25. The molecule has 0 unspecified atom stereocenters. The van der Waals surface area contributed by atoms with Gasteiger partial charge in [-0.05, 0) is 43.7 Å². The Labute approximate surface area is 113 Å². The van der Waals surface area contributed by atoms with Gasteiger partial charge in [-0.15, -0.1) is 0 Å². The van der Waals surface area contributed by atoms with Gasteiger partial charge in [0.25, 0.3) is 0 Å². The van der Waals surface area contributed by atoms with Gasteiger partial charge < -0.3 is 14.9 Å². The Morgan fingerprint density at radius 2 is 1.95 bits per heavy atom. The van der Waals surface area contributed by atoms with Gasteiger partial charge in [-0.3, -0.25) is 0 Å². The summed E-state index contributed by atoms with van der Waals surface area (Å²) >= 11 is 0. The number of benzene rings is 2. The van der Waals surface area contributed by atoms with Crippen molar-refractivity contribution in [3.05, 3.63) is 59.2 Å². The molecule has 2 aromatic rings. The maximum absolute atomic E-state index is 9.75. The van der Waals surface area contributed by atoms with Crippen molar-refractivity contribution in [1.82, 2.24) is 0 Å². The summed E-state index contributed by atoms with van der Waals surface area (Å²) in [5.74, 6) is 0.893. The highest BCUT2D eigenvalue weighted by atomic mass is 16.5. The van der Waals surface area contributed by atoms with Gasteiger partial charge in [-0.25, -0.2) is 0 Å². The Bertz CT molecular complexity index is 562. The molecule has 0 aromatic heterocycles. The van der Waals surface area contributed by atoms with Gasteiger partial charge in [0.15, 0.2) is 0 Å². The number of hydrogen-bond donors (Lipinski definition) is 2. The zero-order valence-electron chi connectivity index (χ0n) is 11.1. The molecule has 0 heterocycles. The van der Waals surface area contributed by atoms with Crippen LogP contribution < -0.4 is 4.74 Å². The van der Waals surface area contributed by atoms with Crippen LogP contribution in [0.15, 0.2) is 42.5 Å². The molecule has 0 aliphatic heterocycles. The number of aryl methyl sites for hydroxylation is 1. The lowest BCUT2D eigenvalue weighted by molar-refractivity contribution is 0.190. The summed E-state index contributed by atoms with van der Waals surface area (Å²) in [6, 6.07) is 12.7. The van der Waals surface area contributed by atoms with Crippen LogP contribution in [-0.2, 0) is 6.61 Å². The second-order valence-electron chi connectivity index (χ2n) is 4.68. The molecule has 0 spiro atoms. The average Bonchev–Trinajstić information content (AvgIpc) is 2.37. The second kappa shape index (κ2) is 5.76. The number of ether oxygens (including phenoxy) is 1. The summed E-state index contributed by atoms with van der Waals surface area (Å²) in [5.41, 5.74) is 2.75. The fourth-order valence-corrected chi connectivity index (χ4v) is 1.93. The lowest BCUT2D eigenvalue weighted by Crippen LogP contribution is -2.01. The first-order chi connectivity index (χ1) is 9.06. The number of aliphatic hydroxyl groups excluding tert-OH is 1. The van der Waals surface area contributed by atoms with E-state index in [0.29, 0.717) is 12.4 Å². The molecule has 19 heavy (non-hydrogen) atoms. The van der Waals surface area contributed by atoms with E-state index in [9.17, 15) is 10.2 Å². The van der Waals surface area contributed by atoms with Crippen molar-refractivity contribution < 1.29 is 14.9 Å². The van der Waals surface area contributed by atoms with Crippen LogP contribution >= 0.6 is 0 Å². The van der Waals surface area contributed by atoms with Crippen LogP contribution in [0.4, 0.5) is 0 Å². The van der Waals surface area contributed by atoms with Gasteiger partial charge in [0.05, 0.1) is 6.10 Å². The predicted molar refractivity (Wildman–Crippen MR) is 74.3 cm³/mol. The van der Waals surface area contributed by atoms with E-state index < -0.39 is 6.10 Å². The smallest absolute Gasteiger partial charge is 0.125 e. The summed E-state index contributed by atoms with van der Waals surface area (Å²) in [4.78, 5) is 0. The number of aromatic hydroxyl groups is 1. The Hall–Kier alpha value is -2.00. The van der Waals surface area contributed by atoms with Crippen molar-refractivity contribution in [2.45, 2.75) is 26.6 Å². The average molecular weight is 258 g/mol. The number of phenolic OH excluding ortho intramolecular Hbond substituents is 1. The van der Waals surface area contributed by atoms with E-state index in [0.717, 1.165) is 16.7 Å². The molecule has 1 atom stereocenters. The number of rotatable bonds is 4. The molecule has 0 fully saturated rings. The number of aliphatic hydroxyl groups is 1.